The standard InChI is InChI=1S/C14H18N2O3S2/c1-9-4-10(2)13(5-12(9)7-17)21(18,19)15-6-14-16-11(3)8-20-14/h4-5,8,15,17H,6-7H2,1-3H3. The van der Waals surface area contributed by atoms with Crippen molar-refractivity contribution in [2.24, 2.45) is 0 Å². The van der Waals surface area contributed by atoms with E-state index in [-0.39, 0.29) is 18.0 Å². The maximum Gasteiger partial charge on any atom is 0.241 e. The third-order valence-corrected chi connectivity index (χ3v) is 5.68. The van der Waals surface area contributed by atoms with Gasteiger partial charge in [-0.05, 0) is 43.5 Å². The van der Waals surface area contributed by atoms with Gasteiger partial charge in [0, 0.05) is 11.1 Å². The Labute approximate surface area is 128 Å². The Balaban J connectivity index is 2.27. The predicted molar refractivity (Wildman–Crippen MR) is 82.7 cm³/mol. The van der Waals surface area contributed by atoms with E-state index < -0.39 is 10.0 Å². The monoisotopic (exact) mass is 326 g/mol. The first-order chi connectivity index (χ1) is 9.83. The van der Waals surface area contributed by atoms with Gasteiger partial charge in [0.15, 0.2) is 0 Å². The van der Waals surface area contributed by atoms with Crippen LogP contribution in [0.15, 0.2) is 22.4 Å². The SMILES string of the molecule is Cc1csc(CNS(=O)(=O)c2cc(CO)c(C)cc2C)n1. The van der Waals surface area contributed by atoms with Gasteiger partial charge in [0.1, 0.15) is 5.01 Å². The fourth-order valence-corrected chi connectivity index (χ4v) is 4.12. The van der Waals surface area contributed by atoms with Crippen LogP contribution in [0.25, 0.3) is 0 Å². The van der Waals surface area contributed by atoms with E-state index in [1.807, 2.05) is 19.2 Å². The molecule has 7 heteroatoms. The van der Waals surface area contributed by atoms with Gasteiger partial charge < -0.3 is 5.11 Å². The van der Waals surface area contributed by atoms with Crippen LogP contribution in [0.2, 0.25) is 0 Å². The van der Waals surface area contributed by atoms with E-state index >= 15 is 0 Å². The first kappa shape index (κ1) is 16.1. The Bertz CT molecular complexity index is 752. The summed E-state index contributed by atoms with van der Waals surface area (Å²) in [6.07, 6.45) is 0. The highest BCUT2D eigenvalue weighted by atomic mass is 32.2. The predicted octanol–water partition coefficient (Wildman–Crippen LogP) is 2.04. The molecule has 114 valence electrons. The number of aliphatic hydroxyl groups excluding tert-OH is 1. The molecule has 1 aromatic heterocycles. The lowest BCUT2D eigenvalue weighted by atomic mass is 10.1. The normalized spacial score (nSPS) is 11.8. The number of nitrogens with zero attached hydrogens (tertiary/aromatic N) is 1. The summed E-state index contributed by atoms with van der Waals surface area (Å²) in [6, 6.07) is 3.30. The van der Waals surface area contributed by atoms with Crippen LogP contribution in [0.1, 0.15) is 27.4 Å². The third kappa shape index (κ3) is 3.68. The zero-order valence-corrected chi connectivity index (χ0v) is 13.8. The zero-order chi connectivity index (χ0) is 15.6. The Morgan fingerprint density at radius 1 is 1.24 bits per heavy atom. The summed E-state index contributed by atoms with van der Waals surface area (Å²) in [5.41, 5.74) is 3.03. The van der Waals surface area contributed by atoms with Crippen molar-refractivity contribution in [3.63, 3.8) is 0 Å². The second kappa shape index (κ2) is 6.23. The second-order valence-electron chi connectivity index (χ2n) is 4.91. The minimum Gasteiger partial charge on any atom is -0.392 e. The molecule has 2 aromatic rings. The van der Waals surface area contributed by atoms with Gasteiger partial charge in [0.05, 0.1) is 18.0 Å². The summed E-state index contributed by atoms with van der Waals surface area (Å²) < 4.78 is 27.3. The van der Waals surface area contributed by atoms with E-state index in [4.69, 9.17) is 0 Å². The van der Waals surface area contributed by atoms with E-state index in [2.05, 4.69) is 9.71 Å². The van der Waals surface area contributed by atoms with Crippen LogP contribution in [0.5, 0.6) is 0 Å². The molecular formula is C14H18N2O3S2. The number of aryl methyl sites for hydroxylation is 3. The molecule has 0 saturated carbocycles. The summed E-state index contributed by atoms with van der Waals surface area (Å²) in [6.45, 7) is 5.45. The van der Waals surface area contributed by atoms with E-state index in [0.717, 1.165) is 16.3 Å². The van der Waals surface area contributed by atoms with E-state index in [0.29, 0.717) is 11.1 Å². The summed E-state index contributed by atoms with van der Waals surface area (Å²) in [5, 5.41) is 11.9. The highest BCUT2D eigenvalue weighted by Crippen LogP contribution is 2.21. The number of aliphatic hydroxyl groups is 1. The van der Waals surface area contributed by atoms with Gasteiger partial charge in [-0.25, -0.2) is 18.1 Å². The molecular weight excluding hydrogens is 308 g/mol. The fourth-order valence-electron chi connectivity index (χ4n) is 2.05. The summed E-state index contributed by atoms with van der Waals surface area (Å²) >= 11 is 1.42. The first-order valence-corrected chi connectivity index (χ1v) is 8.81. The quantitative estimate of drug-likeness (QED) is 0.881. The van der Waals surface area contributed by atoms with Crippen molar-refractivity contribution >= 4 is 21.4 Å². The zero-order valence-electron chi connectivity index (χ0n) is 12.2. The highest BCUT2D eigenvalue weighted by Gasteiger charge is 2.18. The topological polar surface area (TPSA) is 79.3 Å². The lowest BCUT2D eigenvalue weighted by Crippen LogP contribution is -2.24. The molecule has 0 aliphatic heterocycles. The molecule has 2 rings (SSSR count). The maximum atomic E-state index is 12.4. The Morgan fingerprint density at radius 3 is 2.52 bits per heavy atom. The largest absolute Gasteiger partial charge is 0.392 e. The van der Waals surface area contributed by atoms with Crippen LogP contribution >= 0.6 is 11.3 Å². The molecule has 0 aliphatic carbocycles. The molecule has 0 amide bonds. The molecule has 1 aromatic carbocycles. The molecule has 5 nitrogen and oxygen atoms in total. The minimum atomic E-state index is -3.62. The van der Waals surface area contributed by atoms with Crippen LogP contribution in [0.3, 0.4) is 0 Å². The molecule has 21 heavy (non-hydrogen) atoms. The summed E-state index contributed by atoms with van der Waals surface area (Å²) in [4.78, 5) is 4.43. The number of sulfonamides is 1. The molecule has 0 saturated heterocycles. The molecule has 0 atom stereocenters. The van der Waals surface area contributed by atoms with Crippen molar-refractivity contribution in [2.75, 3.05) is 0 Å². The smallest absolute Gasteiger partial charge is 0.241 e. The van der Waals surface area contributed by atoms with Crippen molar-refractivity contribution in [3.8, 4) is 0 Å². The van der Waals surface area contributed by atoms with Gasteiger partial charge in [-0.1, -0.05) is 6.07 Å². The lowest BCUT2D eigenvalue weighted by Gasteiger charge is -2.12. The number of aromatic nitrogens is 1. The van der Waals surface area contributed by atoms with E-state index in [1.165, 1.54) is 17.4 Å². The van der Waals surface area contributed by atoms with Crippen molar-refractivity contribution in [1.82, 2.24) is 9.71 Å². The molecule has 0 bridgehead atoms. The number of rotatable bonds is 5. The average molecular weight is 326 g/mol. The second-order valence-corrected chi connectivity index (χ2v) is 7.59. The molecule has 0 fully saturated rings. The van der Waals surface area contributed by atoms with Gasteiger partial charge >= 0.3 is 0 Å². The van der Waals surface area contributed by atoms with Crippen molar-refractivity contribution in [2.45, 2.75) is 38.8 Å². The van der Waals surface area contributed by atoms with Gasteiger partial charge in [-0.2, -0.15) is 0 Å². The Hall–Kier alpha value is -1.28. The minimum absolute atomic E-state index is 0.169. The number of benzene rings is 1. The Kier molecular flexibility index (Phi) is 4.77. The first-order valence-electron chi connectivity index (χ1n) is 6.45. The van der Waals surface area contributed by atoms with Crippen LogP contribution in [-0.2, 0) is 23.2 Å². The van der Waals surface area contributed by atoms with Crippen molar-refractivity contribution < 1.29 is 13.5 Å². The van der Waals surface area contributed by atoms with Crippen LogP contribution in [-0.4, -0.2) is 18.5 Å². The van der Waals surface area contributed by atoms with Gasteiger partial charge in [0.25, 0.3) is 0 Å². The maximum absolute atomic E-state index is 12.4. The molecule has 0 aliphatic rings. The number of hydrogen-bond donors (Lipinski definition) is 2. The van der Waals surface area contributed by atoms with Crippen LogP contribution < -0.4 is 4.72 Å². The summed E-state index contributed by atoms with van der Waals surface area (Å²) in [5.74, 6) is 0. The fraction of sp³-hybridized carbons (Fsp3) is 0.357. The summed E-state index contributed by atoms with van der Waals surface area (Å²) in [7, 11) is -3.62. The molecule has 0 radical (unpaired) electrons. The Morgan fingerprint density at radius 2 is 1.95 bits per heavy atom. The number of hydrogen-bond acceptors (Lipinski definition) is 5. The van der Waals surface area contributed by atoms with Crippen LogP contribution in [0.4, 0.5) is 0 Å². The number of thiazole rings is 1. The van der Waals surface area contributed by atoms with Gasteiger partial charge in [0.2, 0.25) is 10.0 Å². The van der Waals surface area contributed by atoms with Crippen molar-refractivity contribution in [1.29, 1.82) is 0 Å². The molecule has 0 spiro atoms. The van der Waals surface area contributed by atoms with E-state index in [1.54, 1.807) is 13.0 Å². The van der Waals surface area contributed by atoms with E-state index in [9.17, 15) is 13.5 Å². The lowest BCUT2D eigenvalue weighted by molar-refractivity contribution is 0.280. The molecule has 1 heterocycles. The number of nitrogens with one attached hydrogen (secondary N) is 1. The average Bonchev–Trinajstić information content (AvgIpc) is 2.82. The van der Waals surface area contributed by atoms with Gasteiger partial charge in [-0.3, -0.25) is 0 Å². The molecule has 0 unspecified atom stereocenters. The van der Waals surface area contributed by atoms with Crippen molar-refractivity contribution in [3.05, 3.63) is 44.9 Å². The van der Waals surface area contributed by atoms with Crippen LogP contribution in [0, 0.1) is 20.8 Å². The third-order valence-electron chi connectivity index (χ3n) is 3.17. The molecule has 2 N–H and O–H groups in total. The van der Waals surface area contributed by atoms with Gasteiger partial charge in [-0.15, -0.1) is 11.3 Å². The highest BCUT2D eigenvalue weighted by molar-refractivity contribution is 7.89.